The van der Waals surface area contributed by atoms with E-state index >= 15 is 0 Å². The number of hydrogen-bond donors (Lipinski definition) is 3. The fraction of sp³-hybridized carbons (Fsp3) is 0.429. The van der Waals surface area contributed by atoms with Crippen LogP contribution in [0.15, 0.2) is 41.3 Å². The number of fused-ring (bicyclic) bond motifs is 2. The maximum absolute atomic E-state index is 12.8. The normalized spacial score (nSPS) is 21.6. The highest BCUT2D eigenvalue weighted by Gasteiger charge is 2.41. The van der Waals surface area contributed by atoms with Crippen molar-refractivity contribution >= 4 is 55.6 Å². The van der Waals surface area contributed by atoms with Gasteiger partial charge in [0.2, 0.25) is 17.8 Å². The topological polar surface area (TPSA) is 130 Å². The molecule has 4 heterocycles. The predicted molar refractivity (Wildman–Crippen MR) is 156 cm³/mol. The lowest BCUT2D eigenvalue weighted by Crippen LogP contribution is -2.35. The second-order valence-corrected chi connectivity index (χ2v) is 11.6. The molecule has 40 heavy (non-hydrogen) atoms. The van der Waals surface area contributed by atoms with Crippen molar-refractivity contribution in [2.45, 2.75) is 45.2 Å². The molecule has 1 aliphatic carbocycles. The molecule has 2 amide bonds. The Hall–Kier alpha value is -3.64. The predicted octanol–water partition coefficient (Wildman–Crippen LogP) is 3.16. The summed E-state index contributed by atoms with van der Waals surface area (Å²) in [6.07, 6.45) is 6.40. The van der Waals surface area contributed by atoms with Crippen molar-refractivity contribution in [1.29, 1.82) is 0 Å². The minimum Gasteiger partial charge on any atom is -0.359 e. The van der Waals surface area contributed by atoms with E-state index in [1.54, 1.807) is 24.1 Å². The highest BCUT2D eigenvalue weighted by Crippen LogP contribution is 2.39. The zero-order valence-electron chi connectivity index (χ0n) is 22.6. The maximum Gasteiger partial charge on any atom is 0.225 e. The minimum atomic E-state index is -0.401. The Labute approximate surface area is 240 Å². The van der Waals surface area contributed by atoms with Crippen molar-refractivity contribution in [3.63, 3.8) is 0 Å². The summed E-state index contributed by atoms with van der Waals surface area (Å²) in [6, 6.07) is 8.11. The van der Waals surface area contributed by atoms with Crippen LogP contribution in [-0.4, -0.2) is 74.2 Å². The molecule has 11 nitrogen and oxygen atoms in total. The summed E-state index contributed by atoms with van der Waals surface area (Å²) in [5, 5.41) is 16.0. The number of rotatable bonds is 6. The highest BCUT2D eigenvalue weighted by atomic mass is 79.9. The number of nitrogens with zero attached hydrogens (tertiary/aromatic N) is 6. The first-order valence-corrected chi connectivity index (χ1v) is 14.4. The molecule has 0 radical (unpaired) electrons. The Morgan fingerprint density at radius 2 is 2.15 bits per heavy atom. The molecule has 208 valence electrons. The number of halogens is 1. The van der Waals surface area contributed by atoms with E-state index in [2.05, 4.69) is 41.8 Å². The van der Waals surface area contributed by atoms with Gasteiger partial charge >= 0.3 is 0 Å². The summed E-state index contributed by atoms with van der Waals surface area (Å²) in [5.41, 5.74) is 2.89. The van der Waals surface area contributed by atoms with Gasteiger partial charge in [0.15, 0.2) is 5.65 Å². The average Bonchev–Trinajstić information content (AvgIpc) is 3.43. The van der Waals surface area contributed by atoms with E-state index in [-0.39, 0.29) is 17.9 Å². The van der Waals surface area contributed by atoms with Gasteiger partial charge in [-0.05, 0) is 59.0 Å². The van der Waals surface area contributed by atoms with Crippen LogP contribution in [0.1, 0.15) is 38.2 Å². The van der Waals surface area contributed by atoms with Gasteiger partial charge in [-0.25, -0.2) is 9.67 Å². The Balaban J connectivity index is 1.35. The van der Waals surface area contributed by atoms with E-state index in [0.717, 1.165) is 46.9 Å². The third kappa shape index (κ3) is 5.01. The third-order valence-corrected chi connectivity index (χ3v) is 8.62. The van der Waals surface area contributed by atoms with E-state index in [4.69, 9.17) is 10.1 Å². The third-order valence-electron chi connectivity index (χ3n) is 8.03. The van der Waals surface area contributed by atoms with Crippen LogP contribution < -0.4 is 16.0 Å². The van der Waals surface area contributed by atoms with Crippen LogP contribution in [0.3, 0.4) is 0 Å². The number of aromatic nitrogens is 5. The largest absolute Gasteiger partial charge is 0.359 e. The average molecular weight is 607 g/mol. The number of benzene rings is 1. The van der Waals surface area contributed by atoms with E-state index in [1.165, 1.54) is 0 Å². The van der Waals surface area contributed by atoms with Gasteiger partial charge in [0, 0.05) is 68.9 Å². The molecule has 1 saturated carbocycles. The molecular formula is C28H32BrN9O2. The Kier molecular flexibility index (Phi) is 7.13. The molecule has 3 aromatic heterocycles. The van der Waals surface area contributed by atoms with E-state index in [1.807, 2.05) is 36.1 Å². The first-order valence-electron chi connectivity index (χ1n) is 13.6. The maximum atomic E-state index is 12.8. The molecule has 6 rings (SSSR count). The number of nitrogens with one attached hydrogen (secondary N) is 3. The fourth-order valence-electron chi connectivity index (χ4n) is 5.86. The van der Waals surface area contributed by atoms with Gasteiger partial charge in [0.05, 0.1) is 16.6 Å². The summed E-state index contributed by atoms with van der Waals surface area (Å²) in [6.45, 7) is 4.59. The number of carbonyl (C=O) groups excluding carboxylic acids is 2. The zero-order valence-corrected chi connectivity index (χ0v) is 24.2. The first-order chi connectivity index (χ1) is 19.3. The monoisotopic (exact) mass is 605 g/mol. The fourth-order valence-corrected chi connectivity index (χ4v) is 6.29. The minimum absolute atomic E-state index is 0.0647. The van der Waals surface area contributed by atoms with Crippen LogP contribution >= 0.6 is 15.9 Å². The summed E-state index contributed by atoms with van der Waals surface area (Å²) in [4.78, 5) is 41.1. The molecule has 4 aromatic rings. The second-order valence-electron chi connectivity index (χ2n) is 10.9. The van der Waals surface area contributed by atoms with Gasteiger partial charge in [-0.15, -0.1) is 0 Å². The van der Waals surface area contributed by atoms with Gasteiger partial charge in [0.1, 0.15) is 4.60 Å². The standard InChI is InChI=1S/C28H32BrN9O2/c1-28(26(40)30-2)7-5-19(14-28)34-27-33-15-21-24(29)36-38(25(21)35-27)20-12-17-4-3-8-32-23(17)18(13-20)16-37-11-10-31-9-6-22(37)39/h3-4,8,12-13,15,19,31H,5-7,9-11,14,16H2,1-2H3,(H,30,40)(H,33,34,35)/t19-,28-/m1/s1. The lowest BCUT2D eigenvalue weighted by atomic mass is 9.87. The summed E-state index contributed by atoms with van der Waals surface area (Å²) < 4.78 is 2.45. The van der Waals surface area contributed by atoms with Gasteiger partial charge in [-0.3, -0.25) is 14.6 Å². The number of anilines is 1. The number of pyridine rings is 1. The van der Waals surface area contributed by atoms with Crippen LogP contribution in [-0.2, 0) is 16.1 Å². The molecule has 0 bridgehead atoms. The smallest absolute Gasteiger partial charge is 0.225 e. The molecule has 0 unspecified atom stereocenters. The van der Waals surface area contributed by atoms with Crippen LogP contribution in [0, 0.1) is 5.41 Å². The van der Waals surface area contributed by atoms with Gasteiger partial charge in [-0.1, -0.05) is 13.0 Å². The Bertz CT molecular complexity index is 1610. The van der Waals surface area contributed by atoms with Crippen LogP contribution in [0.25, 0.3) is 27.6 Å². The van der Waals surface area contributed by atoms with Gasteiger partial charge < -0.3 is 20.9 Å². The van der Waals surface area contributed by atoms with Crippen molar-refractivity contribution in [3.8, 4) is 5.69 Å². The van der Waals surface area contributed by atoms with Crippen molar-refractivity contribution < 1.29 is 9.59 Å². The van der Waals surface area contributed by atoms with Crippen molar-refractivity contribution in [1.82, 2.24) is 40.3 Å². The van der Waals surface area contributed by atoms with E-state index < -0.39 is 5.41 Å². The highest BCUT2D eigenvalue weighted by molar-refractivity contribution is 9.10. The molecule has 1 saturated heterocycles. The molecule has 3 N–H and O–H groups in total. The first kappa shape index (κ1) is 26.6. The van der Waals surface area contributed by atoms with Crippen molar-refractivity contribution in [3.05, 3.63) is 46.8 Å². The van der Waals surface area contributed by atoms with Crippen LogP contribution in [0.2, 0.25) is 0 Å². The molecule has 0 spiro atoms. The molecule has 2 atom stereocenters. The Morgan fingerprint density at radius 3 is 3.00 bits per heavy atom. The zero-order chi connectivity index (χ0) is 27.9. The van der Waals surface area contributed by atoms with Crippen molar-refractivity contribution in [2.24, 2.45) is 5.41 Å². The Morgan fingerprint density at radius 1 is 1.27 bits per heavy atom. The lowest BCUT2D eigenvalue weighted by molar-refractivity contribution is -0.131. The number of amides is 2. The van der Waals surface area contributed by atoms with Gasteiger partial charge in [-0.2, -0.15) is 10.1 Å². The van der Waals surface area contributed by atoms with E-state index in [0.29, 0.717) is 48.7 Å². The van der Waals surface area contributed by atoms with Crippen LogP contribution in [0.4, 0.5) is 5.95 Å². The summed E-state index contributed by atoms with van der Waals surface area (Å²) in [5.74, 6) is 0.696. The SMILES string of the molecule is CNC(=O)[C@]1(C)CC[C@@H](Nc2ncc3c(Br)nn(-c4cc(CN5CCNCCC5=O)c5ncccc5c4)c3n2)C1. The quantitative estimate of drug-likeness (QED) is 0.305. The molecular weight excluding hydrogens is 574 g/mol. The van der Waals surface area contributed by atoms with Gasteiger partial charge in [0.25, 0.3) is 0 Å². The number of hydrogen-bond acceptors (Lipinski definition) is 8. The molecule has 2 aliphatic rings. The molecule has 1 aliphatic heterocycles. The van der Waals surface area contributed by atoms with Crippen molar-refractivity contribution in [2.75, 3.05) is 32.0 Å². The molecule has 12 heteroatoms. The molecule has 2 fully saturated rings. The summed E-state index contributed by atoms with van der Waals surface area (Å²) >= 11 is 3.58. The van der Waals surface area contributed by atoms with Crippen LogP contribution in [0.5, 0.6) is 0 Å². The number of carbonyl (C=O) groups is 2. The summed E-state index contributed by atoms with van der Waals surface area (Å²) in [7, 11) is 1.68. The lowest BCUT2D eigenvalue weighted by Gasteiger charge is -2.22. The second kappa shape index (κ2) is 10.7. The van der Waals surface area contributed by atoms with E-state index in [9.17, 15) is 9.59 Å². The molecule has 1 aromatic carbocycles.